The summed E-state index contributed by atoms with van der Waals surface area (Å²) < 4.78 is 0. The van der Waals surface area contributed by atoms with Gasteiger partial charge in [-0.3, -0.25) is 0 Å². The first-order chi connectivity index (χ1) is 5.97. The molecule has 0 N–H and O–H groups in total. The molecule has 0 aromatic heterocycles. The van der Waals surface area contributed by atoms with E-state index in [0.29, 0.717) is 0 Å². The van der Waals surface area contributed by atoms with Gasteiger partial charge in [0.2, 0.25) is 0 Å². The fraction of sp³-hybridized carbons (Fsp3) is 0.500. The lowest BCUT2D eigenvalue weighted by Gasteiger charge is -1.94. The number of hydrogen-bond donors (Lipinski definition) is 0. The van der Waals surface area contributed by atoms with Gasteiger partial charge in [-0.1, -0.05) is 38.2 Å². The third kappa shape index (κ3) is 2.10. The lowest BCUT2D eigenvalue weighted by molar-refractivity contribution is 0.930. The van der Waals surface area contributed by atoms with Gasteiger partial charge in [-0.25, -0.2) is 0 Å². The largest absolute Gasteiger partial charge is 0.0807 e. The molecule has 0 atom stereocenters. The zero-order chi connectivity index (χ0) is 8.81. The monoisotopic (exact) mass is 162 g/mol. The molecule has 0 aromatic carbocycles. The minimum atomic E-state index is 1.13. The fourth-order valence-corrected chi connectivity index (χ4v) is 1.69. The van der Waals surface area contributed by atoms with Gasteiger partial charge in [0.15, 0.2) is 0 Å². The summed E-state index contributed by atoms with van der Waals surface area (Å²) in [5.41, 5.74) is 3.18. The van der Waals surface area contributed by atoms with Crippen molar-refractivity contribution in [2.24, 2.45) is 0 Å². The standard InChI is InChI=1S/C10H12.C2H6/c1-2-5-9-7-4-8-10(9)6-3-1;1-2/h1-2,5-6H,3-4,7-8H2;1-2H3. The van der Waals surface area contributed by atoms with E-state index in [9.17, 15) is 0 Å². The second kappa shape index (κ2) is 4.97. The van der Waals surface area contributed by atoms with Gasteiger partial charge in [0, 0.05) is 0 Å². The summed E-state index contributed by atoms with van der Waals surface area (Å²) in [5, 5.41) is 0. The molecule has 1 saturated carbocycles. The van der Waals surface area contributed by atoms with Crippen molar-refractivity contribution in [2.45, 2.75) is 39.5 Å². The van der Waals surface area contributed by atoms with Crippen molar-refractivity contribution < 1.29 is 0 Å². The molecule has 2 aliphatic carbocycles. The summed E-state index contributed by atoms with van der Waals surface area (Å²) in [6, 6.07) is 0. The maximum Gasteiger partial charge on any atom is -0.0160 e. The molecular weight excluding hydrogens is 144 g/mol. The quantitative estimate of drug-likeness (QED) is 0.505. The van der Waals surface area contributed by atoms with Gasteiger partial charge >= 0.3 is 0 Å². The van der Waals surface area contributed by atoms with E-state index >= 15 is 0 Å². The third-order valence-corrected chi connectivity index (χ3v) is 2.24. The Hall–Kier alpha value is -0.780. The van der Waals surface area contributed by atoms with Crippen molar-refractivity contribution in [1.29, 1.82) is 0 Å². The van der Waals surface area contributed by atoms with Crippen LogP contribution < -0.4 is 0 Å². The normalized spacial score (nSPS) is 19.8. The molecule has 0 unspecified atom stereocenters. The van der Waals surface area contributed by atoms with Crippen LogP contribution in [0.5, 0.6) is 0 Å². The molecule has 0 bridgehead atoms. The van der Waals surface area contributed by atoms with Crippen molar-refractivity contribution in [3.05, 3.63) is 35.5 Å². The Kier molecular flexibility index (Phi) is 3.86. The molecule has 1 fully saturated rings. The Labute approximate surface area is 75.7 Å². The lowest BCUT2D eigenvalue weighted by atomic mass is 10.1. The van der Waals surface area contributed by atoms with Gasteiger partial charge < -0.3 is 0 Å². The molecule has 0 aliphatic heterocycles. The Bertz CT molecular complexity index is 216. The van der Waals surface area contributed by atoms with E-state index in [4.69, 9.17) is 0 Å². The number of hydrogen-bond acceptors (Lipinski definition) is 0. The highest BCUT2D eigenvalue weighted by molar-refractivity contribution is 5.39. The van der Waals surface area contributed by atoms with Crippen LogP contribution >= 0.6 is 0 Å². The highest BCUT2D eigenvalue weighted by Crippen LogP contribution is 2.31. The van der Waals surface area contributed by atoms with E-state index in [1.165, 1.54) is 19.3 Å². The summed E-state index contributed by atoms with van der Waals surface area (Å²) in [7, 11) is 0. The molecule has 66 valence electrons. The SMILES string of the molecule is C1=CCC=C2CCCC2=C1.CC. The smallest absolute Gasteiger partial charge is 0.0160 e. The number of fused-ring (bicyclic) bond motifs is 1. The van der Waals surface area contributed by atoms with E-state index in [0.717, 1.165) is 6.42 Å². The Morgan fingerprint density at radius 1 is 1.08 bits per heavy atom. The molecule has 0 saturated heterocycles. The average molecular weight is 162 g/mol. The van der Waals surface area contributed by atoms with Crippen molar-refractivity contribution in [3.8, 4) is 0 Å². The number of rotatable bonds is 0. The summed E-state index contributed by atoms with van der Waals surface area (Å²) in [5.74, 6) is 0. The summed E-state index contributed by atoms with van der Waals surface area (Å²) in [4.78, 5) is 0. The lowest BCUT2D eigenvalue weighted by Crippen LogP contribution is -1.74. The van der Waals surface area contributed by atoms with Crippen LogP contribution in [0.1, 0.15) is 39.5 Å². The van der Waals surface area contributed by atoms with Crippen molar-refractivity contribution in [3.63, 3.8) is 0 Å². The highest BCUT2D eigenvalue weighted by Gasteiger charge is 2.12. The van der Waals surface area contributed by atoms with Crippen molar-refractivity contribution in [2.75, 3.05) is 0 Å². The molecule has 0 heteroatoms. The minimum absolute atomic E-state index is 1.13. The molecule has 2 rings (SSSR count). The van der Waals surface area contributed by atoms with Gasteiger partial charge in [-0.15, -0.1) is 0 Å². The van der Waals surface area contributed by atoms with E-state index in [2.05, 4.69) is 24.3 Å². The first-order valence-corrected chi connectivity index (χ1v) is 5.02. The summed E-state index contributed by atoms with van der Waals surface area (Å²) in [6.45, 7) is 4.00. The first-order valence-electron chi connectivity index (χ1n) is 5.02. The van der Waals surface area contributed by atoms with E-state index in [-0.39, 0.29) is 0 Å². The fourth-order valence-electron chi connectivity index (χ4n) is 1.69. The van der Waals surface area contributed by atoms with Crippen LogP contribution in [0.25, 0.3) is 0 Å². The van der Waals surface area contributed by atoms with Gasteiger partial charge in [0.05, 0.1) is 0 Å². The molecular formula is C12H18. The maximum absolute atomic E-state index is 2.36. The predicted octanol–water partition coefficient (Wildman–Crippen LogP) is 4.01. The van der Waals surface area contributed by atoms with Crippen LogP contribution in [-0.4, -0.2) is 0 Å². The minimum Gasteiger partial charge on any atom is -0.0807 e. The predicted molar refractivity (Wildman–Crippen MR) is 55.1 cm³/mol. The van der Waals surface area contributed by atoms with Gasteiger partial charge in [0.25, 0.3) is 0 Å². The van der Waals surface area contributed by atoms with Gasteiger partial charge in [0.1, 0.15) is 0 Å². The van der Waals surface area contributed by atoms with Crippen LogP contribution in [0.2, 0.25) is 0 Å². The molecule has 0 radical (unpaired) electrons. The van der Waals surface area contributed by atoms with Crippen molar-refractivity contribution >= 4 is 0 Å². The molecule has 0 heterocycles. The first kappa shape index (κ1) is 9.31. The van der Waals surface area contributed by atoms with E-state index < -0.39 is 0 Å². The Balaban J connectivity index is 0.000000336. The maximum atomic E-state index is 2.36. The summed E-state index contributed by atoms with van der Waals surface area (Å²) >= 11 is 0. The topological polar surface area (TPSA) is 0 Å². The van der Waals surface area contributed by atoms with E-state index in [1.54, 1.807) is 11.1 Å². The second-order valence-corrected chi connectivity index (χ2v) is 2.94. The van der Waals surface area contributed by atoms with E-state index in [1.807, 2.05) is 13.8 Å². The molecule has 0 aromatic rings. The molecule has 2 aliphatic rings. The molecule has 0 nitrogen and oxygen atoms in total. The molecule has 12 heavy (non-hydrogen) atoms. The van der Waals surface area contributed by atoms with Crippen molar-refractivity contribution in [1.82, 2.24) is 0 Å². The van der Waals surface area contributed by atoms with Crippen LogP contribution in [0.3, 0.4) is 0 Å². The van der Waals surface area contributed by atoms with Crippen LogP contribution in [0, 0.1) is 0 Å². The van der Waals surface area contributed by atoms with Crippen LogP contribution in [-0.2, 0) is 0 Å². The van der Waals surface area contributed by atoms with Crippen LogP contribution in [0.4, 0.5) is 0 Å². The summed E-state index contributed by atoms with van der Waals surface area (Å²) in [6.07, 6.45) is 14.2. The molecule has 0 spiro atoms. The van der Waals surface area contributed by atoms with Crippen LogP contribution in [0.15, 0.2) is 35.5 Å². The Morgan fingerprint density at radius 3 is 2.67 bits per heavy atom. The second-order valence-electron chi connectivity index (χ2n) is 2.94. The highest BCUT2D eigenvalue weighted by atomic mass is 14.2. The zero-order valence-electron chi connectivity index (χ0n) is 8.14. The third-order valence-electron chi connectivity index (χ3n) is 2.24. The Morgan fingerprint density at radius 2 is 1.83 bits per heavy atom. The average Bonchev–Trinajstić information content (AvgIpc) is 2.46. The zero-order valence-corrected chi connectivity index (χ0v) is 8.14. The molecule has 0 amide bonds. The number of allylic oxidation sites excluding steroid dienone is 6. The van der Waals surface area contributed by atoms with Gasteiger partial charge in [-0.2, -0.15) is 0 Å². The van der Waals surface area contributed by atoms with Gasteiger partial charge in [-0.05, 0) is 36.8 Å².